The van der Waals surface area contributed by atoms with Crippen LogP contribution in [-0.4, -0.2) is 22.0 Å². The molecule has 0 aliphatic heterocycles. The van der Waals surface area contributed by atoms with Gasteiger partial charge in [0.2, 0.25) is 0 Å². The van der Waals surface area contributed by atoms with Crippen molar-refractivity contribution >= 4 is 33.5 Å². The Kier molecular flexibility index (Phi) is 4.09. The number of aromatic nitrogens is 1. The maximum atomic E-state index is 13.4. The summed E-state index contributed by atoms with van der Waals surface area (Å²) in [4.78, 5) is 26.7. The number of benzene rings is 1. The van der Waals surface area contributed by atoms with E-state index in [-0.39, 0.29) is 21.3 Å². The van der Waals surface area contributed by atoms with Gasteiger partial charge < -0.3 is 10.4 Å². The van der Waals surface area contributed by atoms with Gasteiger partial charge in [-0.3, -0.25) is 9.78 Å². The number of nitrogens with one attached hydrogen (secondary N) is 1. The largest absolute Gasteiger partial charge is 0.478 e. The Morgan fingerprint density at radius 1 is 1.30 bits per heavy atom. The molecule has 0 aliphatic rings. The third kappa shape index (κ3) is 3.00. The molecular formula is C13H8BrFN2O3. The Morgan fingerprint density at radius 3 is 2.70 bits per heavy atom. The van der Waals surface area contributed by atoms with Crippen LogP contribution in [0.3, 0.4) is 0 Å². The topological polar surface area (TPSA) is 79.3 Å². The fraction of sp³-hybridized carbons (Fsp3) is 0. The Labute approximate surface area is 121 Å². The molecule has 2 rings (SSSR count). The predicted octanol–water partition coefficient (Wildman–Crippen LogP) is 2.93. The molecule has 7 heteroatoms. The highest BCUT2D eigenvalue weighted by Gasteiger charge is 2.14. The average Bonchev–Trinajstić information content (AvgIpc) is 2.42. The first-order valence-electron chi connectivity index (χ1n) is 5.42. The Hall–Kier alpha value is -2.28. The summed E-state index contributed by atoms with van der Waals surface area (Å²) in [7, 11) is 0. The summed E-state index contributed by atoms with van der Waals surface area (Å²) in [6.45, 7) is 0. The van der Waals surface area contributed by atoms with Crippen molar-refractivity contribution in [2.24, 2.45) is 0 Å². The number of hydrogen-bond acceptors (Lipinski definition) is 3. The number of rotatable bonds is 3. The quantitative estimate of drug-likeness (QED) is 0.901. The van der Waals surface area contributed by atoms with Crippen LogP contribution in [-0.2, 0) is 0 Å². The molecular weight excluding hydrogens is 331 g/mol. The highest BCUT2D eigenvalue weighted by Crippen LogP contribution is 2.18. The van der Waals surface area contributed by atoms with Crippen molar-refractivity contribution in [3.63, 3.8) is 0 Å². The van der Waals surface area contributed by atoms with Gasteiger partial charge >= 0.3 is 5.97 Å². The van der Waals surface area contributed by atoms with Gasteiger partial charge in [0.05, 0.1) is 21.9 Å². The number of nitrogens with zero attached hydrogens (tertiary/aromatic N) is 1. The van der Waals surface area contributed by atoms with Crippen LogP contribution < -0.4 is 5.32 Å². The van der Waals surface area contributed by atoms with E-state index in [2.05, 4.69) is 26.2 Å². The minimum atomic E-state index is -1.19. The van der Waals surface area contributed by atoms with Gasteiger partial charge in [0, 0.05) is 11.8 Å². The normalized spacial score (nSPS) is 10.1. The van der Waals surface area contributed by atoms with Crippen molar-refractivity contribution in [1.29, 1.82) is 0 Å². The first-order valence-corrected chi connectivity index (χ1v) is 6.22. The molecule has 1 amide bonds. The molecule has 0 unspecified atom stereocenters. The number of hydrogen-bond donors (Lipinski definition) is 2. The van der Waals surface area contributed by atoms with Crippen molar-refractivity contribution in [2.75, 3.05) is 5.32 Å². The molecule has 1 aromatic carbocycles. The minimum Gasteiger partial charge on any atom is -0.478 e. The molecule has 102 valence electrons. The first-order chi connectivity index (χ1) is 9.49. The maximum Gasteiger partial charge on any atom is 0.337 e. The number of pyridine rings is 1. The van der Waals surface area contributed by atoms with E-state index in [0.717, 1.165) is 6.07 Å². The van der Waals surface area contributed by atoms with Crippen LogP contribution in [0.2, 0.25) is 0 Å². The number of halogens is 2. The minimum absolute atomic E-state index is 0.0494. The van der Waals surface area contributed by atoms with E-state index < -0.39 is 17.7 Å². The van der Waals surface area contributed by atoms with Crippen molar-refractivity contribution < 1.29 is 19.1 Å². The molecule has 0 aliphatic carbocycles. The van der Waals surface area contributed by atoms with E-state index in [4.69, 9.17) is 5.11 Å². The molecule has 0 bridgehead atoms. The number of carboxylic acid groups (broad SMARTS) is 1. The predicted molar refractivity (Wildman–Crippen MR) is 73.2 cm³/mol. The van der Waals surface area contributed by atoms with Gasteiger partial charge in [-0.05, 0) is 40.2 Å². The molecule has 2 N–H and O–H groups in total. The summed E-state index contributed by atoms with van der Waals surface area (Å²) in [6, 6.07) is 5.13. The number of carboxylic acids is 1. The molecule has 0 fully saturated rings. The molecule has 0 spiro atoms. The fourth-order valence-electron chi connectivity index (χ4n) is 1.51. The van der Waals surface area contributed by atoms with Crippen molar-refractivity contribution in [2.45, 2.75) is 0 Å². The number of aromatic carboxylic acids is 1. The summed E-state index contributed by atoms with van der Waals surface area (Å²) in [5.41, 5.74) is 0.0325. The van der Waals surface area contributed by atoms with Gasteiger partial charge in [-0.15, -0.1) is 0 Å². The molecule has 5 nitrogen and oxygen atoms in total. The van der Waals surface area contributed by atoms with Crippen LogP contribution >= 0.6 is 15.9 Å². The summed E-state index contributed by atoms with van der Waals surface area (Å²) in [5, 5.41) is 11.4. The van der Waals surface area contributed by atoms with Crippen LogP contribution in [0.25, 0.3) is 0 Å². The molecule has 0 saturated carbocycles. The van der Waals surface area contributed by atoms with Gasteiger partial charge in [0.1, 0.15) is 5.82 Å². The van der Waals surface area contributed by atoms with Gasteiger partial charge in [0.15, 0.2) is 0 Å². The summed E-state index contributed by atoms with van der Waals surface area (Å²) in [5.74, 6) is -2.39. The molecule has 1 aromatic heterocycles. The van der Waals surface area contributed by atoms with Crippen molar-refractivity contribution in [1.82, 2.24) is 4.98 Å². The number of carbonyl (C=O) groups excluding carboxylic acids is 1. The monoisotopic (exact) mass is 338 g/mol. The van der Waals surface area contributed by atoms with Gasteiger partial charge in [-0.25, -0.2) is 9.18 Å². The number of carbonyl (C=O) groups is 2. The van der Waals surface area contributed by atoms with Gasteiger partial charge in [-0.1, -0.05) is 0 Å². The van der Waals surface area contributed by atoms with Crippen molar-refractivity contribution in [3.05, 3.63) is 58.1 Å². The fourth-order valence-corrected chi connectivity index (χ4v) is 1.76. The highest BCUT2D eigenvalue weighted by molar-refractivity contribution is 9.10. The maximum absolute atomic E-state index is 13.4. The molecule has 0 radical (unpaired) electrons. The van der Waals surface area contributed by atoms with Gasteiger partial charge in [-0.2, -0.15) is 0 Å². The lowest BCUT2D eigenvalue weighted by Crippen LogP contribution is -2.15. The Balaban J connectivity index is 2.28. The first kappa shape index (κ1) is 14.1. The van der Waals surface area contributed by atoms with Gasteiger partial charge in [0.25, 0.3) is 5.91 Å². The second kappa shape index (κ2) is 5.79. The third-order valence-corrected chi connectivity index (χ3v) is 3.12. The lowest BCUT2D eigenvalue weighted by atomic mass is 10.2. The number of anilines is 1. The Morgan fingerprint density at radius 2 is 2.05 bits per heavy atom. The van der Waals surface area contributed by atoms with E-state index in [1.165, 1.54) is 30.6 Å². The molecule has 0 saturated heterocycles. The third-order valence-electron chi connectivity index (χ3n) is 2.48. The average molecular weight is 339 g/mol. The Bertz CT molecular complexity index is 691. The molecule has 20 heavy (non-hydrogen) atoms. The zero-order valence-corrected chi connectivity index (χ0v) is 11.5. The van der Waals surface area contributed by atoms with E-state index in [1.807, 2.05) is 0 Å². The SMILES string of the molecule is O=C(Nc1cnccc1C(=O)O)c1ccc(Br)c(F)c1. The molecule has 1 heterocycles. The zero-order valence-electron chi connectivity index (χ0n) is 9.93. The van der Waals surface area contributed by atoms with Crippen LogP contribution in [0.5, 0.6) is 0 Å². The van der Waals surface area contributed by atoms with E-state index in [9.17, 15) is 14.0 Å². The standard InChI is InChI=1S/C13H8BrFN2O3/c14-9-2-1-7(5-10(9)15)12(18)17-11-6-16-4-3-8(11)13(19)20/h1-6H,(H,17,18)(H,19,20). The van der Waals surface area contributed by atoms with Crippen LogP contribution in [0.4, 0.5) is 10.1 Å². The van der Waals surface area contributed by atoms with E-state index in [0.29, 0.717) is 0 Å². The molecule has 0 atom stereocenters. The summed E-state index contributed by atoms with van der Waals surface area (Å²) < 4.78 is 13.6. The highest BCUT2D eigenvalue weighted by atomic mass is 79.9. The second-order valence-corrected chi connectivity index (χ2v) is 4.66. The van der Waals surface area contributed by atoms with E-state index in [1.54, 1.807) is 0 Å². The van der Waals surface area contributed by atoms with Crippen LogP contribution in [0.1, 0.15) is 20.7 Å². The summed E-state index contributed by atoms with van der Waals surface area (Å²) >= 11 is 2.98. The lowest BCUT2D eigenvalue weighted by Gasteiger charge is -2.08. The smallest absolute Gasteiger partial charge is 0.337 e. The molecule has 2 aromatic rings. The number of amides is 1. The van der Waals surface area contributed by atoms with Crippen molar-refractivity contribution in [3.8, 4) is 0 Å². The second-order valence-electron chi connectivity index (χ2n) is 3.81. The zero-order chi connectivity index (χ0) is 14.7. The van der Waals surface area contributed by atoms with Crippen LogP contribution in [0, 0.1) is 5.82 Å². The van der Waals surface area contributed by atoms with Crippen LogP contribution in [0.15, 0.2) is 41.1 Å². The van der Waals surface area contributed by atoms with E-state index >= 15 is 0 Å². The lowest BCUT2D eigenvalue weighted by molar-refractivity contribution is 0.0698. The summed E-state index contributed by atoms with van der Waals surface area (Å²) in [6.07, 6.45) is 2.52.